The molecule has 4 aromatic heterocycles. The van der Waals surface area contributed by atoms with Crippen molar-refractivity contribution in [3.63, 3.8) is 0 Å². The van der Waals surface area contributed by atoms with Crippen LogP contribution in [0.4, 0.5) is 11.4 Å². The Morgan fingerprint density at radius 1 is 0.806 bits per heavy atom. The van der Waals surface area contributed by atoms with Crippen molar-refractivity contribution in [2.45, 2.75) is 24.9 Å². The number of rotatable bonds is 4. The van der Waals surface area contributed by atoms with Crippen LogP contribution in [-0.4, -0.2) is 39.0 Å². The number of carbonyl (C=O) groups excluding carboxylic acids is 2. The van der Waals surface area contributed by atoms with Gasteiger partial charge in [-0.2, -0.15) is 11.3 Å². The molecule has 2 aliphatic heterocycles. The highest BCUT2D eigenvalue weighted by molar-refractivity contribution is 7.10. The van der Waals surface area contributed by atoms with Crippen molar-refractivity contribution in [1.29, 1.82) is 0 Å². The summed E-state index contributed by atoms with van der Waals surface area (Å²) in [5, 5.41) is 14.4. The number of nitrogens with zero attached hydrogens (tertiary/aromatic N) is 2. The number of carbonyl (C=O) groups is 2. The second kappa shape index (κ2) is 11.1. The van der Waals surface area contributed by atoms with Gasteiger partial charge in [0, 0.05) is 34.3 Å². The normalized spacial score (nSPS) is 19.7. The monoisotopic (exact) mass is 540 g/mol. The first-order valence-electron chi connectivity index (χ1n) is 11.8. The summed E-state index contributed by atoms with van der Waals surface area (Å²) in [6, 6.07) is 7.61. The van der Waals surface area contributed by atoms with Crippen LogP contribution < -0.4 is 20.4 Å². The average Bonchev–Trinajstić information content (AvgIpc) is 3.70. The standard InChI is InChI=1S/C13H14N2O2S.C13H14N2OS2/c1-14-11-12-9(4-7-18-12)2-5-15(13(11)16)10-3-6-17-8-10;1-14-11-12-9(3-7-18-12)2-5-15(13(11)16)10-4-6-17-8-10/h2*3-4,6-8,11,14H,2,5H2,1H3. The van der Waals surface area contributed by atoms with Gasteiger partial charge in [-0.3, -0.25) is 9.59 Å². The number of furan rings is 1. The van der Waals surface area contributed by atoms with Gasteiger partial charge in [0.2, 0.25) is 11.8 Å². The van der Waals surface area contributed by atoms with Gasteiger partial charge in [-0.25, -0.2) is 0 Å². The summed E-state index contributed by atoms with van der Waals surface area (Å²) in [6.07, 6.45) is 5.02. The van der Waals surface area contributed by atoms with E-state index in [0.29, 0.717) is 6.54 Å². The maximum atomic E-state index is 12.6. The van der Waals surface area contributed by atoms with Crippen molar-refractivity contribution in [3.8, 4) is 0 Å². The first-order chi connectivity index (χ1) is 17.6. The Morgan fingerprint density at radius 2 is 1.39 bits per heavy atom. The van der Waals surface area contributed by atoms with E-state index in [2.05, 4.69) is 33.5 Å². The van der Waals surface area contributed by atoms with E-state index in [9.17, 15) is 9.59 Å². The second-order valence-electron chi connectivity index (χ2n) is 8.51. The zero-order chi connectivity index (χ0) is 25.1. The number of fused-ring (bicyclic) bond motifs is 2. The number of hydrogen-bond donors (Lipinski definition) is 2. The van der Waals surface area contributed by atoms with Crippen LogP contribution in [0.1, 0.15) is 33.0 Å². The van der Waals surface area contributed by atoms with E-state index in [0.717, 1.165) is 35.6 Å². The van der Waals surface area contributed by atoms with Crippen LogP contribution in [0.25, 0.3) is 0 Å². The SMILES string of the molecule is CNC1C(=O)N(c2ccoc2)CCc2ccsc21.CNC1C(=O)N(c2ccsc2)CCc2ccsc21. The maximum Gasteiger partial charge on any atom is 0.249 e. The molecular formula is C26H28N4O3S3. The average molecular weight is 541 g/mol. The van der Waals surface area contributed by atoms with E-state index in [1.807, 2.05) is 41.9 Å². The Bertz CT molecular complexity index is 1200. The predicted octanol–water partition coefficient (Wildman–Crippen LogP) is 4.85. The molecule has 2 aliphatic rings. The minimum atomic E-state index is -0.252. The van der Waals surface area contributed by atoms with Crippen molar-refractivity contribution in [2.75, 3.05) is 37.0 Å². The number of hydrogen-bond acceptors (Lipinski definition) is 8. The van der Waals surface area contributed by atoms with Crippen LogP contribution in [0.5, 0.6) is 0 Å². The summed E-state index contributed by atoms with van der Waals surface area (Å²) in [5.74, 6) is 0.234. The Balaban J connectivity index is 0.000000148. The van der Waals surface area contributed by atoms with E-state index in [1.165, 1.54) is 16.0 Å². The lowest BCUT2D eigenvalue weighted by atomic mass is 10.1. The van der Waals surface area contributed by atoms with Crippen molar-refractivity contribution >= 4 is 57.2 Å². The smallest absolute Gasteiger partial charge is 0.249 e. The van der Waals surface area contributed by atoms with Crippen LogP contribution in [0.15, 0.2) is 62.7 Å². The Morgan fingerprint density at radius 3 is 1.86 bits per heavy atom. The molecule has 0 saturated heterocycles. The topological polar surface area (TPSA) is 77.8 Å². The molecule has 6 rings (SSSR count). The lowest BCUT2D eigenvalue weighted by Gasteiger charge is -2.23. The molecule has 6 heterocycles. The number of likely N-dealkylation sites (N-methyl/N-ethyl adjacent to an activating group) is 2. The summed E-state index contributed by atoms with van der Waals surface area (Å²) in [6.45, 7) is 1.46. The lowest BCUT2D eigenvalue weighted by molar-refractivity contribution is -0.121. The van der Waals surface area contributed by atoms with E-state index in [-0.39, 0.29) is 23.9 Å². The van der Waals surface area contributed by atoms with Crippen LogP contribution in [-0.2, 0) is 22.4 Å². The van der Waals surface area contributed by atoms with E-state index in [4.69, 9.17) is 4.42 Å². The molecule has 7 nitrogen and oxygen atoms in total. The van der Waals surface area contributed by atoms with Gasteiger partial charge in [0.05, 0.1) is 17.6 Å². The molecule has 2 atom stereocenters. The highest BCUT2D eigenvalue weighted by Gasteiger charge is 2.32. The fraction of sp³-hybridized carbons (Fsp3) is 0.308. The molecular weight excluding hydrogens is 513 g/mol. The Kier molecular flexibility index (Phi) is 7.68. The number of nitrogens with one attached hydrogen (secondary N) is 2. The molecule has 2 unspecified atom stereocenters. The molecule has 36 heavy (non-hydrogen) atoms. The first kappa shape index (κ1) is 24.9. The van der Waals surface area contributed by atoms with Crippen LogP contribution >= 0.6 is 34.0 Å². The maximum absolute atomic E-state index is 12.6. The van der Waals surface area contributed by atoms with Gasteiger partial charge in [0.15, 0.2) is 0 Å². The quantitative estimate of drug-likeness (QED) is 0.387. The highest BCUT2D eigenvalue weighted by atomic mass is 32.1. The third-order valence-electron chi connectivity index (χ3n) is 6.53. The van der Waals surface area contributed by atoms with E-state index < -0.39 is 0 Å². The third kappa shape index (κ3) is 4.79. The van der Waals surface area contributed by atoms with E-state index in [1.54, 1.807) is 51.4 Å². The second-order valence-corrected chi connectivity index (χ2v) is 11.2. The molecule has 4 aromatic rings. The Labute approximate surface area is 222 Å². The molecule has 2 N–H and O–H groups in total. The van der Waals surface area contributed by atoms with Gasteiger partial charge in [-0.05, 0) is 72.4 Å². The predicted molar refractivity (Wildman–Crippen MR) is 147 cm³/mol. The molecule has 0 aliphatic carbocycles. The molecule has 0 aromatic carbocycles. The molecule has 0 radical (unpaired) electrons. The number of thiophene rings is 3. The third-order valence-corrected chi connectivity index (χ3v) is 9.25. The molecule has 0 bridgehead atoms. The van der Waals surface area contributed by atoms with Gasteiger partial charge in [-0.1, -0.05) is 0 Å². The first-order valence-corrected chi connectivity index (χ1v) is 14.5. The Hall–Kier alpha value is -2.76. The summed E-state index contributed by atoms with van der Waals surface area (Å²) < 4.78 is 5.07. The summed E-state index contributed by atoms with van der Waals surface area (Å²) >= 11 is 4.93. The molecule has 10 heteroatoms. The minimum Gasteiger partial charge on any atom is -0.470 e. The van der Waals surface area contributed by atoms with Gasteiger partial charge in [-0.15, -0.1) is 22.7 Å². The largest absolute Gasteiger partial charge is 0.470 e. The fourth-order valence-corrected chi connectivity index (χ4v) is 7.43. The van der Waals surface area contributed by atoms with E-state index >= 15 is 0 Å². The summed E-state index contributed by atoms with van der Waals surface area (Å²) in [7, 11) is 3.67. The lowest BCUT2D eigenvalue weighted by Crippen LogP contribution is -2.38. The van der Waals surface area contributed by atoms with Gasteiger partial charge >= 0.3 is 0 Å². The zero-order valence-electron chi connectivity index (χ0n) is 20.1. The fourth-order valence-electron chi connectivity index (χ4n) is 4.68. The van der Waals surface area contributed by atoms with Crippen molar-refractivity contribution in [1.82, 2.24) is 10.6 Å². The zero-order valence-corrected chi connectivity index (χ0v) is 22.6. The number of anilines is 2. The van der Waals surface area contributed by atoms with Gasteiger partial charge < -0.3 is 24.9 Å². The van der Waals surface area contributed by atoms with Crippen molar-refractivity contribution in [3.05, 3.63) is 79.2 Å². The molecule has 0 spiro atoms. The molecule has 2 amide bonds. The molecule has 0 fully saturated rings. The highest BCUT2D eigenvalue weighted by Crippen LogP contribution is 2.33. The van der Waals surface area contributed by atoms with Gasteiger partial charge in [0.25, 0.3) is 0 Å². The van der Waals surface area contributed by atoms with Crippen LogP contribution in [0.2, 0.25) is 0 Å². The number of amides is 2. The van der Waals surface area contributed by atoms with Crippen LogP contribution in [0, 0.1) is 0 Å². The van der Waals surface area contributed by atoms with Crippen molar-refractivity contribution < 1.29 is 14.0 Å². The molecule has 188 valence electrons. The van der Waals surface area contributed by atoms with Gasteiger partial charge in [0.1, 0.15) is 18.3 Å². The van der Waals surface area contributed by atoms with Crippen LogP contribution in [0.3, 0.4) is 0 Å². The summed E-state index contributed by atoms with van der Waals surface area (Å²) in [5.41, 5.74) is 4.40. The molecule has 0 saturated carbocycles. The minimum absolute atomic E-state index is 0.0834. The van der Waals surface area contributed by atoms with Crippen molar-refractivity contribution in [2.24, 2.45) is 0 Å². The summed E-state index contributed by atoms with van der Waals surface area (Å²) in [4.78, 5) is 31.2.